The number of hydrogen-bond acceptors (Lipinski definition) is 3. The molecule has 1 aromatic carbocycles. The van der Waals surface area contributed by atoms with Gasteiger partial charge < -0.3 is 5.32 Å². The van der Waals surface area contributed by atoms with Gasteiger partial charge in [-0.2, -0.15) is 0 Å². The minimum Gasteiger partial charge on any atom is -0.312 e. The van der Waals surface area contributed by atoms with Gasteiger partial charge in [-0.15, -0.1) is 10.2 Å². The number of nitrogens with zero attached hydrogens (tertiary/aromatic N) is 3. The molecule has 0 spiro atoms. The second kappa shape index (κ2) is 4.42. The van der Waals surface area contributed by atoms with E-state index in [4.69, 9.17) is 0 Å². The molecular formula is C16H16N4. The lowest BCUT2D eigenvalue weighted by Gasteiger charge is -2.25. The molecule has 1 atom stereocenters. The maximum absolute atomic E-state index is 4.43. The summed E-state index contributed by atoms with van der Waals surface area (Å²) in [6, 6.07) is 12.7. The first-order valence-corrected chi connectivity index (χ1v) is 6.93. The van der Waals surface area contributed by atoms with Crippen molar-refractivity contribution in [1.82, 2.24) is 19.9 Å². The molecule has 1 unspecified atom stereocenters. The third kappa shape index (κ3) is 1.72. The molecule has 3 heterocycles. The van der Waals surface area contributed by atoms with E-state index >= 15 is 0 Å². The van der Waals surface area contributed by atoms with Crippen LogP contribution in [0.3, 0.4) is 0 Å². The fraction of sp³-hybridized carbons (Fsp3) is 0.250. The minimum absolute atomic E-state index is 0.262. The van der Waals surface area contributed by atoms with Crippen LogP contribution in [0, 0.1) is 6.92 Å². The standard InChI is InChI=1S/C16H16N4/c1-11-6-7-20-15(8-11)18-19-16(20)14-10-17-9-12-4-2-3-5-13(12)14/h2-8,14,17H,9-10H2,1H3. The van der Waals surface area contributed by atoms with Gasteiger partial charge in [0, 0.05) is 19.3 Å². The van der Waals surface area contributed by atoms with E-state index in [1.54, 1.807) is 0 Å². The van der Waals surface area contributed by atoms with E-state index in [1.165, 1.54) is 16.7 Å². The van der Waals surface area contributed by atoms with Crippen LogP contribution in [-0.2, 0) is 6.54 Å². The maximum atomic E-state index is 4.43. The summed E-state index contributed by atoms with van der Waals surface area (Å²) in [6.07, 6.45) is 2.07. The average Bonchev–Trinajstić information content (AvgIpc) is 2.89. The molecule has 4 heteroatoms. The normalized spacial score (nSPS) is 18.1. The molecule has 2 aromatic heterocycles. The van der Waals surface area contributed by atoms with Crippen LogP contribution in [0.1, 0.15) is 28.4 Å². The molecule has 1 N–H and O–H groups in total. The quantitative estimate of drug-likeness (QED) is 0.733. The molecule has 3 aromatic rings. The van der Waals surface area contributed by atoms with Crippen molar-refractivity contribution in [2.75, 3.05) is 6.54 Å². The lowest BCUT2D eigenvalue weighted by atomic mass is 9.90. The van der Waals surface area contributed by atoms with Gasteiger partial charge in [0.25, 0.3) is 0 Å². The molecule has 0 bridgehead atoms. The molecule has 20 heavy (non-hydrogen) atoms. The molecule has 0 amide bonds. The molecular weight excluding hydrogens is 248 g/mol. The first-order valence-electron chi connectivity index (χ1n) is 6.93. The predicted molar refractivity (Wildman–Crippen MR) is 77.7 cm³/mol. The Morgan fingerprint density at radius 2 is 2.10 bits per heavy atom. The van der Waals surface area contributed by atoms with Crippen LogP contribution < -0.4 is 5.32 Å². The van der Waals surface area contributed by atoms with Gasteiger partial charge in [0.2, 0.25) is 0 Å². The van der Waals surface area contributed by atoms with Crippen molar-refractivity contribution in [3.05, 3.63) is 65.1 Å². The maximum Gasteiger partial charge on any atom is 0.161 e. The monoisotopic (exact) mass is 264 g/mol. The van der Waals surface area contributed by atoms with Crippen molar-refractivity contribution in [2.24, 2.45) is 0 Å². The van der Waals surface area contributed by atoms with E-state index in [2.05, 4.69) is 69.4 Å². The Hall–Kier alpha value is -2.20. The molecule has 0 saturated carbocycles. The van der Waals surface area contributed by atoms with Crippen molar-refractivity contribution >= 4 is 5.65 Å². The van der Waals surface area contributed by atoms with Crippen molar-refractivity contribution in [1.29, 1.82) is 0 Å². The first-order chi connectivity index (χ1) is 9.83. The zero-order valence-corrected chi connectivity index (χ0v) is 11.4. The highest BCUT2D eigenvalue weighted by molar-refractivity contribution is 5.44. The van der Waals surface area contributed by atoms with Crippen LogP contribution in [0.4, 0.5) is 0 Å². The summed E-state index contributed by atoms with van der Waals surface area (Å²) in [4.78, 5) is 0. The molecule has 100 valence electrons. The summed E-state index contributed by atoms with van der Waals surface area (Å²) in [5, 5.41) is 12.2. The Morgan fingerprint density at radius 1 is 1.20 bits per heavy atom. The van der Waals surface area contributed by atoms with Crippen LogP contribution in [0.2, 0.25) is 0 Å². The third-order valence-electron chi connectivity index (χ3n) is 4.00. The SMILES string of the molecule is Cc1ccn2c(C3CNCc4ccccc43)nnc2c1. The summed E-state index contributed by atoms with van der Waals surface area (Å²) in [5.41, 5.74) is 4.84. The van der Waals surface area contributed by atoms with E-state index in [9.17, 15) is 0 Å². The largest absolute Gasteiger partial charge is 0.312 e. The van der Waals surface area contributed by atoms with E-state index in [0.29, 0.717) is 0 Å². The van der Waals surface area contributed by atoms with Crippen LogP contribution in [-0.4, -0.2) is 21.1 Å². The van der Waals surface area contributed by atoms with Gasteiger partial charge >= 0.3 is 0 Å². The van der Waals surface area contributed by atoms with Crippen LogP contribution in [0.15, 0.2) is 42.6 Å². The summed E-state index contributed by atoms with van der Waals surface area (Å²) in [7, 11) is 0. The minimum atomic E-state index is 0.262. The molecule has 0 fully saturated rings. The number of aromatic nitrogens is 3. The molecule has 1 aliphatic heterocycles. The Kier molecular flexibility index (Phi) is 2.57. The number of rotatable bonds is 1. The fourth-order valence-corrected chi connectivity index (χ4v) is 2.98. The molecule has 4 nitrogen and oxygen atoms in total. The van der Waals surface area contributed by atoms with Crippen molar-refractivity contribution in [3.8, 4) is 0 Å². The molecule has 0 aliphatic carbocycles. The van der Waals surface area contributed by atoms with Crippen molar-refractivity contribution in [2.45, 2.75) is 19.4 Å². The number of aryl methyl sites for hydroxylation is 1. The van der Waals surface area contributed by atoms with E-state index in [0.717, 1.165) is 24.6 Å². The smallest absolute Gasteiger partial charge is 0.161 e. The van der Waals surface area contributed by atoms with E-state index < -0.39 is 0 Å². The third-order valence-corrected chi connectivity index (χ3v) is 4.00. The van der Waals surface area contributed by atoms with E-state index in [1.807, 2.05) is 0 Å². The Labute approximate surface area is 117 Å². The van der Waals surface area contributed by atoms with Gasteiger partial charge in [0.05, 0.1) is 5.92 Å². The number of pyridine rings is 1. The zero-order chi connectivity index (χ0) is 13.5. The lowest BCUT2D eigenvalue weighted by molar-refractivity contribution is 0.568. The topological polar surface area (TPSA) is 42.2 Å². The number of hydrogen-bond donors (Lipinski definition) is 1. The predicted octanol–water partition coefficient (Wildman–Crippen LogP) is 2.27. The van der Waals surface area contributed by atoms with Gasteiger partial charge in [0.1, 0.15) is 5.82 Å². The van der Waals surface area contributed by atoms with E-state index in [-0.39, 0.29) is 5.92 Å². The molecule has 4 rings (SSSR count). The Bertz CT molecular complexity index is 775. The number of benzene rings is 1. The Balaban J connectivity index is 1.88. The van der Waals surface area contributed by atoms with Crippen LogP contribution in [0.25, 0.3) is 5.65 Å². The van der Waals surface area contributed by atoms with Gasteiger partial charge in [0.15, 0.2) is 5.65 Å². The Morgan fingerprint density at radius 3 is 3.05 bits per heavy atom. The molecule has 1 aliphatic rings. The fourth-order valence-electron chi connectivity index (χ4n) is 2.98. The van der Waals surface area contributed by atoms with Crippen molar-refractivity contribution in [3.63, 3.8) is 0 Å². The summed E-state index contributed by atoms with van der Waals surface area (Å²) in [5.74, 6) is 1.28. The zero-order valence-electron chi connectivity index (χ0n) is 11.4. The number of fused-ring (bicyclic) bond motifs is 2. The van der Waals surface area contributed by atoms with Crippen LogP contribution >= 0.6 is 0 Å². The second-order valence-electron chi connectivity index (χ2n) is 5.37. The summed E-state index contributed by atoms with van der Waals surface area (Å²) < 4.78 is 2.10. The number of nitrogens with one attached hydrogen (secondary N) is 1. The lowest BCUT2D eigenvalue weighted by Crippen LogP contribution is -2.29. The summed E-state index contributed by atoms with van der Waals surface area (Å²) >= 11 is 0. The summed E-state index contributed by atoms with van der Waals surface area (Å²) in [6.45, 7) is 3.92. The second-order valence-corrected chi connectivity index (χ2v) is 5.37. The first kappa shape index (κ1) is 11.6. The van der Waals surface area contributed by atoms with Gasteiger partial charge in [-0.05, 0) is 35.7 Å². The van der Waals surface area contributed by atoms with Crippen molar-refractivity contribution < 1.29 is 0 Å². The van der Waals surface area contributed by atoms with Crippen LogP contribution in [0.5, 0.6) is 0 Å². The molecule has 0 radical (unpaired) electrons. The van der Waals surface area contributed by atoms with Gasteiger partial charge in [-0.1, -0.05) is 24.3 Å². The highest BCUT2D eigenvalue weighted by atomic mass is 15.2. The molecule has 0 saturated heterocycles. The average molecular weight is 264 g/mol. The highest BCUT2D eigenvalue weighted by Gasteiger charge is 2.25. The highest BCUT2D eigenvalue weighted by Crippen LogP contribution is 2.29. The van der Waals surface area contributed by atoms with Gasteiger partial charge in [-0.3, -0.25) is 4.40 Å². The van der Waals surface area contributed by atoms with Gasteiger partial charge in [-0.25, -0.2) is 0 Å².